The molecule has 0 aliphatic rings. The summed E-state index contributed by atoms with van der Waals surface area (Å²) in [6.45, 7) is 0.754. The van der Waals surface area contributed by atoms with Gasteiger partial charge in [-0.1, -0.05) is 29.3 Å². The van der Waals surface area contributed by atoms with Gasteiger partial charge in [0.25, 0.3) is 0 Å². The molecule has 2 rings (SSSR count). The molecule has 0 saturated carbocycles. The predicted octanol–water partition coefficient (Wildman–Crippen LogP) is 2.73. The standard InChI is InChI=1S/C13H14Cl2N4O/c1-19-11(4-5-18-19)8-17-13(20)16-7-9-2-3-10(14)6-12(9)15/h2-6H,7-8H2,1H3,(H2,16,17,20). The Bertz CT molecular complexity index is 612. The number of halogens is 2. The Labute approximate surface area is 126 Å². The van der Waals surface area contributed by atoms with Crippen molar-refractivity contribution >= 4 is 29.2 Å². The van der Waals surface area contributed by atoms with E-state index in [0.717, 1.165) is 11.3 Å². The van der Waals surface area contributed by atoms with E-state index in [4.69, 9.17) is 23.2 Å². The van der Waals surface area contributed by atoms with Gasteiger partial charge < -0.3 is 10.6 Å². The number of hydrogen-bond acceptors (Lipinski definition) is 2. The summed E-state index contributed by atoms with van der Waals surface area (Å²) < 4.78 is 1.70. The smallest absolute Gasteiger partial charge is 0.315 e. The molecule has 1 aromatic carbocycles. The summed E-state index contributed by atoms with van der Waals surface area (Å²) in [5, 5.41) is 10.6. The van der Waals surface area contributed by atoms with E-state index in [9.17, 15) is 4.79 Å². The first kappa shape index (κ1) is 14.7. The van der Waals surface area contributed by atoms with Gasteiger partial charge in [0.15, 0.2) is 0 Å². The molecule has 106 valence electrons. The highest BCUT2D eigenvalue weighted by molar-refractivity contribution is 6.35. The molecular weight excluding hydrogens is 299 g/mol. The minimum absolute atomic E-state index is 0.266. The maximum Gasteiger partial charge on any atom is 0.315 e. The van der Waals surface area contributed by atoms with Crippen molar-refractivity contribution in [1.29, 1.82) is 0 Å². The maximum absolute atomic E-state index is 11.7. The van der Waals surface area contributed by atoms with Crippen molar-refractivity contribution in [2.24, 2.45) is 7.05 Å². The Hall–Kier alpha value is -1.72. The number of amides is 2. The van der Waals surface area contributed by atoms with E-state index >= 15 is 0 Å². The number of carbonyl (C=O) groups excluding carboxylic acids is 1. The van der Waals surface area contributed by atoms with E-state index < -0.39 is 0 Å². The zero-order valence-electron chi connectivity index (χ0n) is 10.9. The third kappa shape index (κ3) is 3.88. The number of rotatable bonds is 4. The Morgan fingerprint density at radius 3 is 2.65 bits per heavy atom. The molecule has 0 bridgehead atoms. The molecule has 7 heteroatoms. The molecule has 20 heavy (non-hydrogen) atoms. The summed E-state index contributed by atoms with van der Waals surface area (Å²) in [6, 6.07) is 6.74. The van der Waals surface area contributed by atoms with Crippen LogP contribution in [0.25, 0.3) is 0 Å². The molecule has 0 spiro atoms. The lowest BCUT2D eigenvalue weighted by molar-refractivity contribution is 0.240. The predicted molar refractivity (Wildman–Crippen MR) is 78.7 cm³/mol. The molecule has 0 unspecified atom stereocenters. The van der Waals surface area contributed by atoms with Crippen molar-refractivity contribution in [3.8, 4) is 0 Å². The number of aromatic nitrogens is 2. The quantitative estimate of drug-likeness (QED) is 0.912. The van der Waals surface area contributed by atoms with E-state index in [2.05, 4.69) is 15.7 Å². The summed E-state index contributed by atoms with van der Waals surface area (Å²) in [5.74, 6) is 0. The molecule has 0 aliphatic carbocycles. The van der Waals surface area contributed by atoms with Gasteiger partial charge in [-0.3, -0.25) is 4.68 Å². The average Bonchev–Trinajstić information content (AvgIpc) is 2.81. The van der Waals surface area contributed by atoms with Crippen LogP contribution in [-0.2, 0) is 20.1 Å². The first-order chi connectivity index (χ1) is 9.56. The minimum Gasteiger partial charge on any atom is -0.334 e. The van der Waals surface area contributed by atoms with Crippen LogP contribution in [0.15, 0.2) is 30.5 Å². The van der Waals surface area contributed by atoms with Crippen molar-refractivity contribution in [3.05, 3.63) is 51.8 Å². The lowest BCUT2D eigenvalue weighted by atomic mass is 10.2. The Kier molecular flexibility index (Phi) is 4.87. The van der Waals surface area contributed by atoms with Crippen LogP contribution in [0.4, 0.5) is 4.79 Å². The third-order valence-corrected chi connectivity index (χ3v) is 3.39. The van der Waals surface area contributed by atoms with Crippen molar-refractivity contribution in [2.75, 3.05) is 0 Å². The van der Waals surface area contributed by atoms with Gasteiger partial charge in [0, 0.05) is 29.8 Å². The fourth-order valence-electron chi connectivity index (χ4n) is 1.65. The zero-order chi connectivity index (χ0) is 14.5. The van der Waals surface area contributed by atoms with Crippen molar-refractivity contribution in [1.82, 2.24) is 20.4 Å². The number of aryl methyl sites for hydroxylation is 1. The molecule has 1 heterocycles. The molecule has 2 amide bonds. The zero-order valence-corrected chi connectivity index (χ0v) is 12.4. The molecule has 5 nitrogen and oxygen atoms in total. The molecule has 2 aromatic rings. The number of nitrogens with zero attached hydrogens (tertiary/aromatic N) is 2. The van der Waals surface area contributed by atoms with Gasteiger partial charge in [0.2, 0.25) is 0 Å². The van der Waals surface area contributed by atoms with Crippen LogP contribution >= 0.6 is 23.2 Å². The van der Waals surface area contributed by atoms with Gasteiger partial charge in [0.1, 0.15) is 0 Å². The Morgan fingerprint density at radius 2 is 2.00 bits per heavy atom. The SMILES string of the molecule is Cn1nccc1CNC(=O)NCc1ccc(Cl)cc1Cl. The molecule has 0 atom stereocenters. The second kappa shape index (κ2) is 6.63. The van der Waals surface area contributed by atoms with Crippen LogP contribution < -0.4 is 10.6 Å². The van der Waals surface area contributed by atoms with Gasteiger partial charge in [-0.05, 0) is 23.8 Å². The average molecular weight is 313 g/mol. The van der Waals surface area contributed by atoms with E-state index in [-0.39, 0.29) is 6.03 Å². The minimum atomic E-state index is -0.266. The number of hydrogen-bond donors (Lipinski definition) is 2. The lowest BCUT2D eigenvalue weighted by Crippen LogP contribution is -2.35. The molecule has 1 aromatic heterocycles. The Morgan fingerprint density at radius 1 is 1.25 bits per heavy atom. The summed E-state index contributed by atoms with van der Waals surface area (Å²) >= 11 is 11.8. The third-order valence-electron chi connectivity index (χ3n) is 2.81. The van der Waals surface area contributed by atoms with Gasteiger partial charge >= 0.3 is 6.03 Å². The number of nitrogens with one attached hydrogen (secondary N) is 2. The molecule has 0 radical (unpaired) electrons. The topological polar surface area (TPSA) is 59.0 Å². The first-order valence-corrected chi connectivity index (χ1v) is 6.74. The monoisotopic (exact) mass is 312 g/mol. The van der Waals surface area contributed by atoms with Gasteiger partial charge in [-0.25, -0.2) is 4.79 Å². The van der Waals surface area contributed by atoms with Crippen molar-refractivity contribution in [3.63, 3.8) is 0 Å². The molecule has 0 fully saturated rings. The Balaban J connectivity index is 1.82. The summed E-state index contributed by atoms with van der Waals surface area (Å²) in [5.41, 5.74) is 1.73. The van der Waals surface area contributed by atoms with E-state index in [0.29, 0.717) is 23.1 Å². The largest absolute Gasteiger partial charge is 0.334 e. The van der Waals surface area contributed by atoms with Crippen LogP contribution in [0.1, 0.15) is 11.3 Å². The van der Waals surface area contributed by atoms with Gasteiger partial charge in [-0.2, -0.15) is 5.10 Å². The highest BCUT2D eigenvalue weighted by atomic mass is 35.5. The van der Waals surface area contributed by atoms with E-state index in [1.54, 1.807) is 29.1 Å². The fraction of sp³-hybridized carbons (Fsp3) is 0.231. The second-order valence-electron chi connectivity index (χ2n) is 4.22. The van der Waals surface area contributed by atoms with Crippen LogP contribution in [-0.4, -0.2) is 15.8 Å². The maximum atomic E-state index is 11.7. The van der Waals surface area contributed by atoms with Crippen LogP contribution in [0.5, 0.6) is 0 Å². The van der Waals surface area contributed by atoms with E-state index in [1.807, 2.05) is 13.1 Å². The number of benzene rings is 1. The highest BCUT2D eigenvalue weighted by Crippen LogP contribution is 2.20. The second-order valence-corrected chi connectivity index (χ2v) is 5.06. The molecule has 0 saturated heterocycles. The summed E-state index contributed by atoms with van der Waals surface area (Å²) in [7, 11) is 1.82. The lowest BCUT2D eigenvalue weighted by Gasteiger charge is -2.09. The number of carbonyl (C=O) groups is 1. The van der Waals surface area contributed by atoms with Gasteiger partial charge in [-0.15, -0.1) is 0 Å². The first-order valence-electron chi connectivity index (χ1n) is 5.99. The van der Waals surface area contributed by atoms with Crippen LogP contribution in [0.3, 0.4) is 0 Å². The molecule has 2 N–H and O–H groups in total. The molecular formula is C13H14Cl2N4O. The summed E-state index contributed by atoms with van der Waals surface area (Å²) in [4.78, 5) is 11.7. The van der Waals surface area contributed by atoms with Crippen molar-refractivity contribution < 1.29 is 4.79 Å². The van der Waals surface area contributed by atoms with Crippen molar-refractivity contribution in [2.45, 2.75) is 13.1 Å². The fourth-order valence-corrected chi connectivity index (χ4v) is 2.12. The molecule has 0 aliphatic heterocycles. The number of urea groups is 1. The summed E-state index contributed by atoms with van der Waals surface area (Å²) in [6.07, 6.45) is 1.68. The van der Waals surface area contributed by atoms with E-state index in [1.165, 1.54) is 0 Å². The van der Waals surface area contributed by atoms with Crippen LogP contribution in [0.2, 0.25) is 10.0 Å². The van der Waals surface area contributed by atoms with Crippen LogP contribution in [0, 0.1) is 0 Å². The van der Waals surface area contributed by atoms with Gasteiger partial charge in [0.05, 0.1) is 12.2 Å². The highest BCUT2D eigenvalue weighted by Gasteiger charge is 2.05. The normalized spacial score (nSPS) is 10.3.